The fraction of sp³-hybridized carbons (Fsp3) is 0.562. The molecule has 1 atom stereocenters. The second-order valence-electron chi connectivity index (χ2n) is 5.87. The minimum atomic E-state index is -0.362. The average Bonchev–Trinajstić information content (AvgIpc) is 3.07. The Morgan fingerprint density at radius 3 is 2.95 bits per heavy atom. The minimum Gasteiger partial charge on any atom is -0.347 e. The van der Waals surface area contributed by atoms with Crippen LogP contribution in [0.3, 0.4) is 0 Å². The molecule has 5 heteroatoms. The summed E-state index contributed by atoms with van der Waals surface area (Å²) in [6.07, 6.45) is 4.21. The van der Waals surface area contributed by atoms with Gasteiger partial charge in [0, 0.05) is 25.1 Å². The maximum atomic E-state index is 11.9. The maximum Gasteiger partial charge on any atom is 0.319 e. The van der Waals surface area contributed by atoms with Crippen molar-refractivity contribution in [2.45, 2.75) is 44.5 Å². The number of aryl methyl sites for hydroxylation is 1. The Balaban J connectivity index is 1.44. The van der Waals surface area contributed by atoms with Crippen LogP contribution >= 0.6 is 0 Å². The predicted molar refractivity (Wildman–Crippen MR) is 80.2 cm³/mol. The Bertz CT molecular complexity index is 512. The van der Waals surface area contributed by atoms with E-state index < -0.39 is 0 Å². The van der Waals surface area contributed by atoms with Gasteiger partial charge in [-0.1, -0.05) is 12.1 Å². The van der Waals surface area contributed by atoms with Crippen LogP contribution in [0.15, 0.2) is 24.3 Å². The molecule has 1 aromatic rings. The SMILES string of the molecule is Cc1cccc(NC(=O)NCC2COC3(CCCC3)O2)c1. The van der Waals surface area contributed by atoms with E-state index in [4.69, 9.17) is 9.47 Å². The topological polar surface area (TPSA) is 59.6 Å². The number of carbonyl (C=O) groups is 1. The van der Waals surface area contributed by atoms with E-state index >= 15 is 0 Å². The van der Waals surface area contributed by atoms with Gasteiger partial charge in [0.15, 0.2) is 5.79 Å². The van der Waals surface area contributed by atoms with E-state index in [1.807, 2.05) is 31.2 Å². The van der Waals surface area contributed by atoms with Crippen LogP contribution in [0.1, 0.15) is 31.2 Å². The summed E-state index contributed by atoms with van der Waals surface area (Å²) in [4.78, 5) is 11.9. The van der Waals surface area contributed by atoms with E-state index in [9.17, 15) is 4.79 Å². The van der Waals surface area contributed by atoms with Crippen LogP contribution < -0.4 is 10.6 Å². The van der Waals surface area contributed by atoms with Crippen molar-refractivity contribution in [3.8, 4) is 0 Å². The molecule has 1 aliphatic heterocycles. The van der Waals surface area contributed by atoms with Crippen molar-refractivity contribution in [3.63, 3.8) is 0 Å². The van der Waals surface area contributed by atoms with Crippen molar-refractivity contribution in [2.24, 2.45) is 0 Å². The zero-order chi connectivity index (χ0) is 14.7. The number of hydrogen-bond donors (Lipinski definition) is 2. The van der Waals surface area contributed by atoms with Crippen molar-refractivity contribution in [3.05, 3.63) is 29.8 Å². The number of benzene rings is 1. The molecule has 5 nitrogen and oxygen atoms in total. The molecule has 2 fully saturated rings. The first-order valence-electron chi connectivity index (χ1n) is 7.59. The lowest BCUT2D eigenvalue weighted by Gasteiger charge is -2.22. The molecule has 0 bridgehead atoms. The Morgan fingerprint density at radius 1 is 1.38 bits per heavy atom. The second-order valence-corrected chi connectivity index (χ2v) is 5.87. The molecule has 0 radical (unpaired) electrons. The van der Waals surface area contributed by atoms with Gasteiger partial charge in [-0.3, -0.25) is 0 Å². The van der Waals surface area contributed by atoms with E-state index in [0.29, 0.717) is 13.2 Å². The van der Waals surface area contributed by atoms with Crippen molar-refractivity contribution in [2.75, 3.05) is 18.5 Å². The maximum absolute atomic E-state index is 11.9. The summed E-state index contributed by atoms with van der Waals surface area (Å²) in [5.74, 6) is -0.362. The molecule has 1 saturated carbocycles. The highest BCUT2D eigenvalue weighted by molar-refractivity contribution is 5.89. The average molecular weight is 290 g/mol. The largest absolute Gasteiger partial charge is 0.347 e. The molecule has 0 aromatic heterocycles. The summed E-state index contributed by atoms with van der Waals surface area (Å²) in [5.41, 5.74) is 1.91. The normalized spacial score (nSPS) is 23.4. The summed E-state index contributed by atoms with van der Waals surface area (Å²) >= 11 is 0. The minimum absolute atomic E-state index is 0.0497. The molecule has 3 rings (SSSR count). The van der Waals surface area contributed by atoms with Crippen LogP contribution in [0.4, 0.5) is 10.5 Å². The van der Waals surface area contributed by atoms with Gasteiger partial charge in [-0.2, -0.15) is 0 Å². The van der Waals surface area contributed by atoms with E-state index in [2.05, 4.69) is 10.6 Å². The van der Waals surface area contributed by atoms with Gasteiger partial charge in [0.05, 0.1) is 6.61 Å². The summed E-state index contributed by atoms with van der Waals surface area (Å²) in [6.45, 7) is 3.03. The van der Waals surface area contributed by atoms with Gasteiger partial charge in [0.25, 0.3) is 0 Å². The van der Waals surface area contributed by atoms with Gasteiger partial charge in [0.1, 0.15) is 6.10 Å². The Labute approximate surface area is 125 Å². The van der Waals surface area contributed by atoms with Crippen molar-refractivity contribution in [1.29, 1.82) is 0 Å². The molecule has 1 unspecified atom stereocenters. The lowest BCUT2D eigenvalue weighted by Crippen LogP contribution is -2.37. The monoisotopic (exact) mass is 290 g/mol. The molecule has 2 aliphatic rings. The van der Waals surface area contributed by atoms with Crippen LogP contribution in [0, 0.1) is 6.92 Å². The molecule has 1 saturated heterocycles. The Kier molecular flexibility index (Phi) is 4.12. The summed E-state index contributed by atoms with van der Waals surface area (Å²) < 4.78 is 11.8. The fourth-order valence-electron chi connectivity index (χ4n) is 3.00. The van der Waals surface area contributed by atoms with Gasteiger partial charge in [-0.25, -0.2) is 4.79 Å². The second kappa shape index (κ2) is 6.03. The number of carbonyl (C=O) groups excluding carboxylic acids is 1. The first-order valence-corrected chi connectivity index (χ1v) is 7.59. The lowest BCUT2D eigenvalue weighted by atomic mass is 10.2. The first-order chi connectivity index (χ1) is 10.2. The molecule has 1 heterocycles. The molecule has 2 amide bonds. The predicted octanol–water partition coefficient (Wildman–Crippen LogP) is 2.80. The van der Waals surface area contributed by atoms with Gasteiger partial charge < -0.3 is 20.1 Å². The zero-order valence-electron chi connectivity index (χ0n) is 12.4. The van der Waals surface area contributed by atoms with Crippen molar-refractivity contribution in [1.82, 2.24) is 5.32 Å². The van der Waals surface area contributed by atoms with Crippen LogP contribution in [-0.4, -0.2) is 31.1 Å². The smallest absolute Gasteiger partial charge is 0.319 e. The van der Waals surface area contributed by atoms with Gasteiger partial charge >= 0.3 is 6.03 Å². The molecule has 1 aliphatic carbocycles. The van der Waals surface area contributed by atoms with E-state index in [0.717, 1.165) is 36.9 Å². The van der Waals surface area contributed by atoms with Crippen LogP contribution in [0.2, 0.25) is 0 Å². The highest BCUT2D eigenvalue weighted by Gasteiger charge is 2.43. The van der Waals surface area contributed by atoms with Gasteiger partial charge in [0.2, 0.25) is 0 Å². The molecule has 114 valence electrons. The quantitative estimate of drug-likeness (QED) is 0.900. The molecular formula is C16H22N2O3. The summed E-state index contributed by atoms with van der Waals surface area (Å²) in [5, 5.41) is 5.67. The van der Waals surface area contributed by atoms with E-state index in [1.165, 1.54) is 0 Å². The molecule has 21 heavy (non-hydrogen) atoms. The third kappa shape index (κ3) is 3.54. The standard InChI is InChI=1S/C16H22N2O3/c1-12-5-4-6-13(9-12)18-15(19)17-10-14-11-20-16(21-14)7-2-3-8-16/h4-6,9,14H,2-3,7-8,10-11H2,1H3,(H2,17,18,19). The number of hydrogen-bond acceptors (Lipinski definition) is 3. The van der Waals surface area contributed by atoms with Crippen LogP contribution in [-0.2, 0) is 9.47 Å². The van der Waals surface area contributed by atoms with Crippen molar-refractivity contribution < 1.29 is 14.3 Å². The number of urea groups is 1. The number of amides is 2. The van der Waals surface area contributed by atoms with E-state index in [1.54, 1.807) is 0 Å². The highest BCUT2D eigenvalue weighted by Crippen LogP contribution is 2.38. The number of anilines is 1. The van der Waals surface area contributed by atoms with Crippen LogP contribution in [0.25, 0.3) is 0 Å². The number of nitrogens with one attached hydrogen (secondary N) is 2. The molecule has 1 aromatic carbocycles. The Hall–Kier alpha value is -1.59. The van der Waals surface area contributed by atoms with E-state index in [-0.39, 0.29) is 17.9 Å². The molecule has 2 N–H and O–H groups in total. The first kappa shape index (κ1) is 14.4. The summed E-state index contributed by atoms with van der Waals surface area (Å²) in [6, 6.07) is 7.50. The Morgan fingerprint density at radius 2 is 2.19 bits per heavy atom. The molecular weight excluding hydrogens is 268 g/mol. The zero-order valence-corrected chi connectivity index (χ0v) is 12.4. The molecule has 1 spiro atoms. The highest BCUT2D eigenvalue weighted by atomic mass is 16.7. The number of ether oxygens (including phenoxy) is 2. The van der Waals surface area contributed by atoms with Gasteiger partial charge in [-0.15, -0.1) is 0 Å². The lowest BCUT2D eigenvalue weighted by molar-refractivity contribution is -0.160. The van der Waals surface area contributed by atoms with Gasteiger partial charge in [-0.05, 0) is 37.5 Å². The third-order valence-corrected chi connectivity index (χ3v) is 4.05. The van der Waals surface area contributed by atoms with Crippen molar-refractivity contribution >= 4 is 11.7 Å². The fourth-order valence-corrected chi connectivity index (χ4v) is 3.00. The summed E-state index contributed by atoms with van der Waals surface area (Å²) in [7, 11) is 0. The number of rotatable bonds is 3. The third-order valence-electron chi connectivity index (χ3n) is 4.05. The van der Waals surface area contributed by atoms with Crippen LogP contribution in [0.5, 0.6) is 0 Å².